The van der Waals surface area contributed by atoms with Crippen molar-refractivity contribution in [2.75, 3.05) is 4.90 Å². The molecule has 0 aliphatic carbocycles. The number of halogens is 2. The van der Waals surface area contributed by atoms with Gasteiger partial charge in [0.1, 0.15) is 5.82 Å². The molecule has 1 amide bonds. The van der Waals surface area contributed by atoms with Crippen molar-refractivity contribution in [3.8, 4) is 0 Å². The predicted molar refractivity (Wildman–Crippen MR) is 143 cm³/mol. The van der Waals surface area contributed by atoms with E-state index in [0.717, 1.165) is 16.9 Å². The fourth-order valence-electron chi connectivity index (χ4n) is 3.97. The second kappa shape index (κ2) is 10.3. The number of Topliss-reactive ketones (excluding diaryl/α,β-unsaturated/α-hetero) is 1. The van der Waals surface area contributed by atoms with E-state index < -0.39 is 29.3 Å². The number of carbonyl (C=O) groups is 2. The van der Waals surface area contributed by atoms with Crippen molar-refractivity contribution in [3.63, 3.8) is 0 Å². The molecule has 4 aromatic rings. The molecular formula is C25H18ClFN4O3S3. The van der Waals surface area contributed by atoms with Crippen LogP contribution in [-0.4, -0.2) is 32.0 Å². The van der Waals surface area contributed by atoms with E-state index >= 15 is 0 Å². The third-order valence-corrected chi connectivity index (χ3v) is 9.20. The van der Waals surface area contributed by atoms with Crippen molar-refractivity contribution < 1.29 is 19.1 Å². The van der Waals surface area contributed by atoms with Crippen molar-refractivity contribution in [2.24, 2.45) is 0 Å². The number of aryl methyl sites for hydroxylation is 2. The number of nitrogens with zero attached hydrogens (tertiary/aromatic N) is 4. The molecule has 0 saturated carbocycles. The maximum absolute atomic E-state index is 13.7. The van der Waals surface area contributed by atoms with E-state index in [9.17, 15) is 19.1 Å². The van der Waals surface area contributed by atoms with Gasteiger partial charge in [-0.15, -0.1) is 21.5 Å². The van der Waals surface area contributed by atoms with Gasteiger partial charge in [-0.25, -0.2) is 9.37 Å². The van der Waals surface area contributed by atoms with E-state index in [2.05, 4.69) is 15.2 Å². The zero-order valence-electron chi connectivity index (χ0n) is 19.4. The van der Waals surface area contributed by atoms with Gasteiger partial charge in [0, 0.05) is 10.8 Å². The van der Waals surface area contributed by atoms with Crippen LogP contribution in [0.4, 0.5) is 9.52 Å². The molecule has 188 valence electrons. The molecule has 5 rings (SSSR count). The fourth-order valence-corrected chi connectivity index (χ4v) is 7.00. The first kappa shape index (κ1) is 25.5. The quantitative estimate of drug-likeness (QED) is 0.154. The maximum atomic E-state index is 13.7. The van der Waals surface area contributed by atoms with Gasteiger partial charge in [-0.1, -0.05) is 65.0 Å². The summed E-state index contributed by atoms with van der Waals surface area (Å²) in [5.74, 6) is -1.89. The number of hydrogen-bond acceptors (Lipinski definition) is 9. The smallest absolute Gasteiger partial charge is 0.296 e. The van der Waals surface area contributed by atoms with Crippen LogP contribution < -0.4 is 4.90 Å². The second-order valence-electron chi connectivity index (χ2n) is 8.10. The minimum Gasteiger partial charge on any atom is -0.503 e. The number of aliphatic hydroxyl groups excluding tert-OH is 1. The summed E-state index contributed by atoms with van der Waals surface area (Å²) in [5.41, 5.74) is 1.77. The standard InChI is InChI=1S/C25H18ClFN4O3S3/c1-12-22(36-13(2)28-12)20(32)18-19(14-7-9-16(27)10-8-14)31(23(34)21(18)33)24-29-30-25(37-24)35-11-15-5-3-4-6-17(15)26/h3-10,19,33H,11H2,1-2H3. The van der Waals surface area contributed by atoms with Crippen LogP contribution in [0.3, 0.4) is 0 Å². The van der Waals surface area contributed by atoms with Crippen LogP contribution in [0.15, 0.2) is 64.2 Å². The largest absolute Gasteiger partial charge is 0.503 e. The van der Waals surface area contributed by atoms with Crippen LogP contribution >= 0.6 is 46.0 Å². The van der Waals surface area contributed by atoms with E-state index in [4.69, 9.17) is 11.6 Å². The van der Waals surface area contributed by atoms with Crippen LogP contribution in [0.5, 0.6) is 0 Å². The molecule has 2 aromatic heterocycles. The maximum Gasteiger partial charge on any atom is 0.296 e. The zero-order chi connectivity index (χ0) is 26.3. The molecule has 1 atom stereocenters. The second-order valence-corrected chi connectivity index (χ2v) is 11.9. The SMILES string of the molecule is Cc1nc(C)c(C(=O)C2=C(O)C(=O)N(c3nnc(SCc4ccccc4Cl)s3)C2c2ccc(F)cc2)s1. The number of hydrogen-bond donors (Lipinski definition) is 1. The number of aliphatic hydroxyl groups is 1. The van der Waals surface area contributed by atoms with Gasteiger partial charge >= 0.3 is 0 Å². The summed E-state index contributed by atoms with van der Waals surface area (Å²) in [6, 6.07) is 11.9. The van der Waals surface area contributed by atoms with Crippen LogP contribution in [0, 0.1) is 19.7 Å². The first-order valence-corrected chi connectivity index (χ1v) is 13.9. The Hall–Kier alpha value is -3.12. The lowest BCUT2D eigenvalue weighted by atomic mass is 9.95. The zero-order valence-corrected chi connectivity index (χ0v) is 22.6. The van der Waals surface area contributed by atoms with Gasteiger partial charge < -0.3 is 5.11 Å². The van der Waals surface area contributed by atoms with Crippen LogP contribution in [0.2, 0.25) is 5.02 Å². The van der Waals surface area contributed by atoms with E-state index in [1.165, 1.54) is 52.3 Å². The molecule has 0 fully saturated rings. The Morgan fingerprint density at radius 3 is 2.54 bits per heavy atom. The molecule has 0 radical (unpaired) electrons. The molecule has 7 nitrogen and oxygen atoms in total. The average molecular weight is 573 g/mol. The third kappa shape index (κ3) is 4.91. The molecule has 0 spiro atoms. The summed E-state index contributed by atoms with van der Waals surface area (Å²) >= 11 is 9.98. The fraction of sp³-hybridized carbons (Fsp3) is 0.160. The Kier molecular flexibility index (Phi) is 7.13. The van der Waals surface area contributed by atoms with Crippen LogP contribution in [0.1, 0.15) is 37.5 Å². The Labute approximate surface area is 228 Å². The third-order valence-electron chi connectivity index (χ3n) is 5.66. The van der Waals surface area contributed by atoms with Gasteiger partial charge in [0.05, 0.1) is 27.2 Å². The van der Waals surface area contributed by atoms with Crippen LogP contribution in [0.25, 0.3) is 0 Å². The molecule has 0 saturated heterocycles. The lowest BCUT2D eigenvalue weighted by molar-refractivity contribution is -0.117. The van der Waals surface area contributed by atoms with E-state index in [1.54, 1.807) is 19.9 Å². The van der Waals surface area contributed by atoms with Crippen molar-refractivity contribution in [1.82, 2.24) is 15.2 Å². The average Bonchev–Trinajstić information content (AvgIpc) is 3.55. The highest BCUT2D eigenvalue weighted by atomic mass is 35.5. The highest BCUT2D eigenvalue weighted by Gasteiger charge is 2.46. The topological polar surface area (TPSA) is 96.3 Å². The lowest BCUT2D eigenvalue weighted by Gasteiger charge is -2.24. The van der Waals surface area contributed by atoms with E-state index in [0.29, 0.717) is 36.3 Å². The van der Waals surface area contributed by atoms with Gasteiger partial charge in [0.25, 0.3) is 5.91 Å². The Balaban J connectivity index is 1.51. The molecule has 3 heterocycles. The number of rotatable bonds is 7. The molecular weight excluding hydrogens is 555 g/mol. The summed E-state index contributed by atoms with van der Waals surface area (Å²) in [7, 11) is 0. The number of thiazole rings is 1. The Morgan fingerprint density at radius 1 is 1.14 bits per heavy atom. The minimum atomic E-state index is -1.02. The van der Waals surface area contributed by atoms with Gasteiger partial charge in [-0.05, 0) is 43.2 Å². The summed E-state index contributed by atoms with van der Waals surface area (Å²) in [6.45, 7) is 3.47. The highest BCUT2D eigenvalue weighted by Crippen LogP contribution is 2.44. The Morgan fingerprint density at radius 2 is 1.86 bits per heavy atom. The number of aromatic nitrogens is 3. The predicted octanol–water partition coefficient (Wildman–Crippen LogP) is 6.48. The number of ketones is 1. The highest BCUT2D eigenvalue weighted by molar-refractivity contribution is 8.00. The molecule has 1 aliphatic rings. The van der Waals surface area contributed by atoms with Gasteiger partial charge in [0.2, 0.25) is 10.9 Å². The first-order chi connectivity index (χ1) is 17.7. The number of benzene rings is 2. The summed E-state index contributed by atoms with van der Waals surface area (Å²) < 4.78 is 14.3. The number of carbonyl (C=O) groups excluding carboxylic acids is 2. The van der Waals surface area contributed by atoms with Crippen molar-refractivity contribution in [3.05, 3.63) is 97.4 Å². The summed E-state index contributed by atoms with van der Waals surface area (Å²) in [4.78, 5) is 32.8. The summed E-state index contributed by atoms with van der Waals surface area (Å²) in [5, 5.41) is 20.8. The normalized spacial score (nSPS) is 15.6. The number of thioether (sulfide) groups is 1. The van der Waals surface area contributed by atoms with E-state index in [1.807, 2.05) is 18.2 Å². The van der Waals surface area contributed by atoms with Crippen molar-refractivity contribution in [1.29, 1.82) is 0 Å². The molecule has 1 unspecified atom stereocenters. The lowest BCUT2D eigenvalue weighted by Crippen LogP contribution is -2.31. The number of amides is 1. The molecule has 12 heteroatoms. The first-order valence-electron chi connectivity index (χ1n) is 10.9. The number of anilines is 1. The molecule has 2 aromatic carbocycles. The van der Waals surface area contributed by atoms with Gasteiger partial charge in [-0.2, -0.15) is 0 Å². The van der Waals surface area contributed by atoms with Crippen molar-refractivity contribution in [2.45, 2.75) is 30.0 Å². The van der Waals surface area contributed by atoms with E-state index in [-0.39, 0.29) is 10.7 Å². The Bertz CT molecular complexity index is 1550. The van der Waals surface area contributed by atoms with Crippen molar-refractivity contribution >= 4 is 62.9 Å². The van der Waals surface area contributed by atoms with Gasteiger partial charge in [0.15, 0.2) is 10.1 Å². The summed E-state index contributed by atoms with van der Waals surface area (Å²) in [6.07, 6.45) is 0. The molecule has 0 bridgehead atoms. The molecule has 37 heavy (non-hydrogen) atoms. The molecule has 1 aliphatic heterocycles. The van der Waals surface area contributed by atoms with Crippen LogP contribution in [-0.2, 0) is 10.5 Å². The molecule has 1 N–H and O–H groups in total. The minimum absolute atomic E-state index is 0.108. The monoisotopic (exact) mass is 572 g/mol. The van der Waals surface area contributed by atoms with Gasteiger partial charge in [-0.3, -0.25) is 14.5 Å².